The average molecular weight is 254 g/mol. The van der Waals surface area contributed by atoms with Gasteiger partial charge >= 0.3 is 10.1 Å². The monoisotopic (exact) mass is 254 g/mol. The Bertz CT molecular complexity index is 473. The van der Waals surface area contributed by atoms with Gasteiger partial charge in [0.2, 0.25) is 0 Å². The zero-order valence-corrected chi connectivity index (χ0v) is 10.9. The van der Waals surface area contributed by atoms with Gasteiger partial charge in [-0.3, -0.25) is 0 Å². The first-order valence-corrected chi connectivity index (χ1v) is 7.71. The zero-order chi connectivity index (χ0) is 12.3. The SMILES string of the molecule is CCS(=O)(=O)Oc1ccccc1C1CCCC1. The molecule has 0 atom stereocenters. The van der Waals surface area contributed by atoms with Crippen LogP contribution in [-0.2, 0) is 10.1 Å². The summed E-state index contributed by atoms with van der Waals surface area (Å²) in [5.41, 5.74) is 1.04. The lowest BCUT2D eigenvalue weighted by Crippen LogP contribution is -2.13. The quantitative estimate of drug-likeness (QED) is 0.775. The van der Waals surface area contributed by atoms with Gasteiger partial charge in [-0.15, -0.1) is 0 Å². The molecule has 17 heavy (non-hydrogen) atoms. The van der Waals surface area contributed by atoms with Crippen LogP contribution < -0.4 is 4.18 Å². The lowest BCUT2D eigenvalue weighted by atomic mass is 9.97. The predicted octanol–water partition coefficient (Wildman–Crippen LogP) is 3.07. The molecule has 1 aromatic rings. The third kappa shape index (κ3) is 3.00. The second-order valence-electron chi connectivity index (χ2n) is 4.45. The molecule has 0 radical (unpaired) electrons. The largest absolute Gasteiger partial charge is 0.382 e. The third-order valence-electron chi connectivity index (χ3n) is 3.28. The zero-order valence-electron chi connectivity index (χ0n) is 10.1. The Kier molecular flexibility index (Phi) is 3.72. The minimum absolute atomic E-state index is 0.00595. The Morgan fingerprint density at radius 3 is 2.53 bits per heavy atom. The summed E-state index contributed by atoms with van der Waals surface area (Å²) in [7, 11) is -3.42. The molecule has 0 unspecified atom stereocenters. The lowest BCUT2D eigenvalue weighted by molar-refractivity contribution is 0.480. The topological polar surface area (TPSA) is 43.4 Å². The Balaban J connectivity index is 2.27. The van der Waals surface area contributed by atoms with Crippen molar-refractivity contribution in [3.8, 4) is 5.75 Å². The minimum Gasteiger partial charge on any atom is -0.382 e. The van der Waals surface area contributed by atoms with Crippen molar-refractivity contribution in [2.45, 2.75) is 38.5 Å². The van der Waals surface area contributed by atoms with Gasteiger partial charge in [-0.2, -0.15) is 8.42 Å². The van der Waals surface area contributed by atoms with Crippen LogP contribution in [0.1, 0.15) is 44.1 Å². The van der Waals surface area contributed by atoms with E-state index in [4.69, 9.17) is 4.18 Å². The molecular weight excluding hydrogens is 236 g/mol. The van der Waals surface area contributed by atoms with Crippen LogP contribution in [0.25, 0.3) is 0 Å². The van der Waals surface area contributed by atoms with E-state index in [1.807, 2.05) is 18.2 Å². The van der Waals surface area contributed by atoms with E-state index >= 15 is 0 Å². The van der Waals surface area contributed by atoms with Gasteiger partial charge in [-0.25, -0.2) is 0 Å². The van der Waals surface area contributed by atoms with Crippen molar-refractivity contribution in [2.75, 3.05) is 5.75 Å². The molecule has 1 aliphatic carbocycles. The first-order chi connectivity index (χ1) is 8.12. The number of para-hydroxylation sites is 1. The molecule has 0 spiro atoms. The highest BCUT2D eigenvalue weighted by Gasteiger charge is 2.22. The highest BCUT2D eigenvalue weighted by Crippen LogP contribution is 2.38. The van der Waals surface area contributed by atoms with Crippen LogP contribution in [0, 0.1) is 0 Å². The highest BCUT2D eigenvalue weighted by molar-refractivity contribution is 7.87. The Labute approximate surface area is 103 Å². The fourth-order valence-electron chi connectivity index (χ4n) is 2.33. The van der Waals surface area contributed by atoms with Gasteiger partial charge < -0.3 is 4.18 Å². The van der Waals surface area contributed by atoms with E-state index in [1.54, 1.807) is 13.0 Å². The third-order valence-corrected chi connectivity index (χ3v) is 4.42. The fraction of sp³-hybridized carbons (Fsp3) is 0.538. The van der Waals surface area contributed by atoms with Crippen LogP contribution in [-0.4, -0.2) is 14.2 Å². The molecule has 0 aliphatic heterocycles. The van der Waals surface area contributed by atoms with E-state index in [1.165, 1.54) is 12.8 Å². The van der Waals surface area contributed by atoms with Crippen LogP contribution in [0.2, 0.25) is 0 Å². The molecule has 0 N–H and O–H groups in total. The molecule has 1 aliphatic rings. The second kappa shape index (κ2) is 5.08. The van der Waals surface area contributed by atoms with E-state index in [2.05, 4.69) is 0 Å². The summed E-state index contributed by atoms with van der Waals surface area (Å²) in [5.74, 6) is 0.978. The molecule has 1 fully saturated rings. The van der Waals surface area contributed by atoms with E-state index in [-0.39, 0.29) is 5.75 Å². The predicted molar refractivity (Wildman–Crippen MR) is 67.7 cm³/mol. The lowest BCUT2D eigenvalue weighted by Gasteiger charge is -2.15. The molecule has 1 saturated carbocycles. The van der Waals surface area contributed by atoms with Crippen molar-refractivity contribution in [3.05, 3.63) is 29.8 Å². The first kappa shape index (κ1) is 12.4. The van der Waals surface area contributed by atoms with Crippen molar-refractivity contribution in [1.29, 1.82) is 0 Å². The second-order valence-corrected chi connectivity index (χ2v) is 6.31. The van der Waals surface area contributed by atoms with Gasteiger partial charge in [0.25, 0.3) is 0 Å². The van der Waals surface area contributed by atoms with Crippen molar-refractivity contribution in [2.24, 2.45) is 0 Å². The molecule has 0 heterocycles. The number of hydrogen-bond donors (Lipinski definition) is 0. The van der Waals surface area contributed by atoms with Gasteiger partial charge in [0, 0.05) is 0 Å². The Hall–Kier alpha value is -1.03. The molecule has 0 amide bonds. The average Bonchev–Trinajstić information content (AvgIpc) is 2.83. The van der Waals surface area contributed by atoms with Crippen LogP contribution in [0.3, 0.4) is 0 Å². The van der Waals surface area contributed by atoms with E-state index < -0.39 is 10.1 Å². The Morgan fingerprint density at radius 1 is 1.24 bits per heavy atom. The fourth-order valence-corrected chi connectivity index (χ4v) is 2.87. The Morgan fingerprint density at radius 2 is 1.88 bits per heavy atom. The van der Waals surface area contributed by atoms with Gasteiger partial charge in [-0.05, 0) is 37.3 Å². The molecular formula is C13H18O3S. The smallest absolute Gasteiger partial charge is 0.308 e. The normalized spacial score (nSPS) is 17.2. The first-order valence-electron chi connectivity index (χ1n) is 6.13. The van der Waals surface area contributed by atoms with Crippen molar-refractivity contribution >= 4 is 10.1 Å². The van der Waals surface area contributed by atoms with Gasteiger partial charge in [-0.1, -0.05) is 31.0 Å². The van der Waals surface area contributed by atoms with Gasteiger partial charge in [0.15, 0.2) is 0 Å². The summed E-state index contributed by atoms with van der Waals surface area (Å²) in [6.45, 7) is 1.59. The van der Waals surface area contributed by atoms with Gasteiger partial charge in [0.05, 0.1) is 5.75 Å². The van der Waals surface area contributed by atoms with Crippen LogP contribution in [0.5, 0.6) is 5.75 Å². The summed E-state index contributed by atoms with van der Waals surface area (Å²) < 4.78 is 28.2. The molecule has 4 heteroatoms. The summed E-state index contributed by atoms with van der Waals surface area (Å²) in [6, 6.07) is 7.50. The molecule has 1 aromatic carbocycles. The molecule has 0 aromatic heterocycles. The molecule has 0 bridgehead atoms. The maximum absolute atomic E-state index is 11.5. The summed E-state index contributed by atoms with van der Waals surface area (Å²) in [4.78, 5) is 0. The summed E-state index contributed by atoms with van der Waals surface area (Å²) >= 11 is 0. The maximum Gasteiger partial charge on any atom is 0.308 e. The number of hydrogen-bond acceptors (Lipinski definition) is 3. The molecule has 0 saturated heterocycles. The highest BCUT2D eigenvalue weighted by atomic mass is 32.2. The van der Waals surface area contributed by atoms with Crippen LogP contribution in [0.4, 0.5) is 0 Å². The maximum atomic E-state index is 11.5. The van der Waals surface area contributed by atoms with Crippen molar-refractivity contribution in [1.82, 2.24) is 0 Å². The minimum atomic E-state index is -3.42. The number of benzene rings is 1. The summed E-state index contributed by atoms with van der Waals surface area (Å²) in [6.07, 6.45) is 4.71. The van der Waals surface area contributed by atoms with E-state index in [0.717, 1.165) is 18.4 Å². The van der Waals surface area contributed by atoms with Crippen molar-refractivity contribution < 1.29 is 12.6 Å². The van der Waals surface area contributed by atoms with Crippen molar-refractivity contribution in [3.63, 3.8) is 0 Å². The summed E-state index contributed by atoms with van der Waals surface area (Å²) in [5, 5.41) is 0. The standard InChI is InChI=1S/C13H18O3S/c1-2-17(14,15)16-13-10-6-5-9-12(13)11-7-3-4-8-11/h5-6,9-11H,2-4,7-8H2,1H3. The van der Waals surface area contributed by atoms with Crippen LogP contribution >= 0.6 is 0 Å². The van der Waals surface area contributed by atoms with E-state index in [9.17, 15) is 8.42 Å². The van der Waals surface area contributed by atoms with E-state index in [0.29, 0.717) is 11.7 Å². The van der Waals surface area contributed by atoms with Crippen LogP contribution in [0.15, 0.2) is 24.3 Å². The number of rotatable bonds is 4. The van der Waals surface area contributed by atoms with Gasteiger partial charge in [0.1, 0.15) is 5.75 Å². The molecule has 2 rings (SSSR count). The molecule has 3 nitrogen and oxygen atoms in total. The molecule has 94 valence electrons.